The van der Waals surface area contributed by atoms with Crippen LogP contribution >= 0.6 is 27.3 Å². The van der Waals surface area contributed by atoms with Gasteiger partial charge in [0, 0.05) is 11.6 Å². The van der Waals surface area contributed by atoms with E-state index in [-0.39, 0.29) is 11.6 Å². The van der Waals surface area contributed by atoms with Crippen LogP contribution in [-0.2, 0) is 6.42 Å². The summed E-state index contributed by atoms with van der Waals surface area (Å²) in [7, 11) is 0. The Bertz CT molecular complexity index is 557. The average molecular weight is 360 g/mol. The molecule has 20 heavy (non-hydrogen) atoms. The quantitative estimate of drug-likeness (QED) is 0.709. The van der Waals surface area contributed by atoms with Crippen LogP contribution in [0.5, 0.6) is 0 Å². The lowest BCUT2D eigenvalue weighted by Crippen LogP contribution is -2.26. The molecular formula is C15H16BrF2NS. The van der Waals surface area contributed by atoms with Gasteiger partial charge in [-0.2, -0.15) is 11.3 Å². The summed E-state index contributed by atoms with van der Waals surface area (Å²) >= 11 is 4.71. The van der Waals surface area contributed by atoms with Gasteiger partial charge in [0.05, 0.1) is 4.47 Å². The van der Waals surface area contributed by atoms with Crippen molar-refractivity contribution in [3.05, 3.63) is 56.2 Å². The zero-order valence-electron chi connectivity index (χ0n) is 11.1. The zero-order valence-corrected chi connectivity index (χ0v) is 13.5. The average Bonchev–Trinajstić information content (AvgIpc) is 2.93. The van der Waals surface area contributed by atoms with E-state index in [4.69, 9.17) is 0 Å². The van der Waals surface area contributed by atoms with Crippen LogP contribution in [0.1, 0.15) is 30.5 Å². The summed E-state index contributed by atoms with van der Waals surface area (Å²) in [5.74, 6) is -1.02. The molecule has 1 N–H and O–H groups in total. The van der Waals surface area contributed by atoms with Crippen molar-refractivity contribution >= 4 is 27.3 Å². The predicted octanol–water partition coefficient (Wildman–Crippen LogP) is 5.07. The maximum atomic E-state index is 14.2. The molecule has 0 aliphatic rings. The van der Waals surface area contributed by atoms with Crippen LogP contribution in [0.3, 0.4) is 0 Å². The van der Waals surface area contributed by atoms with Gasteiger partial charge in [-0.3, -0.25) is 0 Å². The van der Waals surface area contributed by atoms with Gasteiger partial charge in [0.25, 0.3) is 0 Å². The van der Waals surface area contributed by atoms with Gasteiger partial charge >= 0.3 is 0 Å². The lowest BCUT2D eigenvalue weighted by Gasteiger charge is -2.20. The van der Waals surface area contributed by atoms with Crippen LogP contribution in [0.15, 0.2) is 33.4 Å². The first-order valence-electron chi connectivity index (χ1n) is 6.51. The lowest BCUT2D eigenvalue weighted by molar-refractivity contribution is 0.463. The third kappa shape index (κ3) is 3.65. The molecule has 0 spiro atoms. The van der Waals surface area contributed by atoms with Crippen molar-refractivity contribution in [3.63, 3.8) is 0 Å². The monoisotopic (exact) mass is 359 g/mol. The summed E-state index contributed by atoms with van der Waals surface area (Å²) in [6, 6.07) is 4.33. The highest BCUT2D eigenvalue weighted by Crippen LogP contribution is 2.29. The van der Waals surface area contributed by atoms with Gasteiger partial charge in [0.1, 0.15) is 11.6 Å². The fraction of sp³-hybridized carbons (Fsp3) is 0.333. The highest BCUT2D eigenvalue weighted by Gasteiger charge is 2.22. The van der Waals surface area contributed by atoms with Crippen molar-refractivity contribution in [3.8, 4) is 0 Å². The lowest BCUT2D eigenvalue weighted by atomic mass is 9.99. The van der Waals surface area contributed by atoms with Gasteiger partial charge in [0.15, 0.2) is 0 Å². The molecule has 0 aliphatic carbocycles. The van der Waals surface area contributed by atoms with Crippen LogP contribution in [0, 0.1) is 11.6 Å². The number of thiophene rings is 1. The first-order chi connectivity index (χ1) is 9.63. The normalized spacial score (nSPS) is 12.6. The van der Waals surface area contributed by atoms with E-state index < -0.39 is 11.6 Å². The van der Waals surface area contributed by atoms with Crippen molar-refractivity contribution in [1.29, 1.82) is 0 Å². The predicted molar refractivity (Wildman–Crippen MR) is 83.1 cm³/mol. The fourth-order valence-corrected chi connectivity index (χ4v) is 3.13. The summed E-state index contributed by atoms with van der Waals surface area (Å²) in [5, 5.41) is 7.22. The molecule has 0 fully saturated rings. The third-order valence-corrected chi connectivity index (χ3v) is 4.43. The molecule has 2 rings (SSSR count). The van der Waals surface area contributed by atoms with Gasteiger partial charge in [0.2, 0.25) is 0 Å². The molecule has 108 valence electrons. The number of halogens is 3. The summed E-state index contributed by atoms with van der Waals surface area (Å²) in [6.45, 7) is 2.75. The van der Waals surface area contributed by atoms with Crippen LogP contribution < -0.4 is 5.32 Å². The number of nitrogens with one attached hydrogen (secondary N) is 1. The standard InChI is InChI=1S/C15H16BrF2NS/c1-2-6-19-13(8-10-5-7-20-9-10)14-12(17)4-3-11(16)15(14)18/h3-5,7,9,13,19H,2,6,8H2,1H3. The molecule has 1 aromatic heterocycles. The van der Waals surface area contributed by atoms with Gasteiger partial charge in [-0.1, -0.05) is 6.92 Å². The number of benzene rings is 1. The summed E-state index contributed by atoms with van der Waals surface area (Å²) in [6.07, 6.45) is 1.49. The molecule has 0 bridgehead atoms. The molecule has 0 radical (unpaired) electrons. The highest BCUT2D eigenvalue weighted by atomic mass is 79.9. The molecule has 0 saturated carbocycles. The van der Waals surface area contributed by atoms with Gasteiger partial charge in [-0.05, 0) is 69.8 Å². The highest BCUT2D eigenvalue weighted by molar-refractivity contribution is 9.10. The minimum atomic E-state index is -0.520. The largest absolute Gasteiger partial charge is 0.309 e. The molecule has 1 heterocycles. The van der Waals surface area contributed by atoms with Crippen molar-refractivity contribution in [2.24, 2.45) is 0 Å². The van der Waals surface area contributed by atoms with Crippen molar-refractivity contribution < 1.29 is 8.78 Å². The smallest absolute Gasteiger partial charge is 0.145 e. The molecular weight excluding hydrogens is 344 g/mol. The molecule has 2 aromatic rings. The Balaban J connectivity index is 2.33. The second kappa shape index (κ2) is 7.29. The van der Waals surface area contributed by atoms with Gasteiger partial charge in [-0.25, -0.2) is 8.78 Å². The van der Waals surface area contributed by atoms with E-state index in [1.54, 1.807) is 11.3 Å². The maximum Gasteiger partial charge on any atom is 0.145 e. The second-order valence-electron chi connectivity index (χ2n) is 4.60. The van der Waals surface area contributed by atoms with Crippen LogP contribution in [-0.4, -0.2) is 6.54 Å². The van der Waals surface area contributed by atoms with Crippen molar-refractivity contribution in [2.75, 3.05) is 6.54 Å². The van der Waals surface area contributed by atoms with Crippen molar-refractivity contribution in [2.45, 2.75) is 25.8 Å². The Hall–Kier alpha value is -0.780. The Kier molecular flexibility index (Phi) is 5.69. The van der Waals surface area contributed by atoms with Crippen LogP contribution in [0.4, 0.5) is 8.78 Å². The molecule has 5 heteroatoms. The number of hydrogen-bond acceptors (Lipinski definition) is 2. The SMILES string of the molecule is CCCNC(Cc1ccsc1)c1c(F)ccc(Br)c1F. The second-order valence-corrected chi connectivity index (χ2v) is 6.23. The first-order valence-corrected chi connectivity index (χ1v) is 8.25. The first kappa shape index (κ1) is 15.6. The Morgan fingerprint density at radius 2 is 2.10 bits per heavy atom. The molecule has 1 atom stereocenters. The van der Waals surface area contributed by atoms with E-state index in [2.05, 4.69) is 21.2 Å². The van der Waals surface area contributed by atoms with Crippen LogP contribution in [0.2, 0.25) is 0 Å². The van der Waals surface area contributed by atoms with Gasteiger partial charge < -0.3 is 5.32 Å². The summed E-state index contributed by atoms with van der Waals surface area (Å²) < 4.78 is 28.6. The topological polar surface area (TPSA) is 12.0 Å². The molecule has 1 unspecified atom stereocenters. The Labute approximate surface area is 130 Å². The zero-order chi connectivity index (χ0) is 14.5. The van der Waals surface area contributed by atoms with E-state index in [0.717, 1.165) is 18.5 Å². The number of hydrogen-bond donors (Lipinski definition) is 1. The molecule has 1 aromatic carbocycles. The van der Waals surface area contributed by atoms with Crippen molar-refractivity contribution in [1.82, 2.24) is 5.32 Å². The minimum absolute atomic E-state index is 0.110. The third-order valence-electron chi connectivity index (χ3n) is 3.09. The summed E-state index contributed by atoms with van der Waals surface area (Å²) in [4.78, 5) is 0. The van der Waals surface area contributed by atoms with E-state index in [1.807, 2.05) is 23.8 Å². The van der Waals surface area contributed by atoms with E-state index in [9.17, 15) is 8.78 Å². The number of rotatable bonds is 6. The Morgan fingerprint density at radius 1 is 1.30 bits per heavy atom. The van der Waals surface area contributed by atoms with Crippen LogP contribution in [0.25, 0.3) is 0 Å². The van der Waals surface area contributed by atoms with Gasteiger partial charge in [-0.15, -0.1) is 0 Å². The van der Waals surface area contributed by atoms with E-state index >= 15 is 0 Å². The summed E-state index contributed by atoms with van der Waals surface area (Å²) in [5.41, 5.74) is 1.20. The molecule has 0 saturated heterocycles. The maximum absolute atomic E-state index is 14.2. The minimum Gasteiger partial charge on any atom is -0.309 e. The Morgan fingerprint density at radius 3 is 2.75 bits per heavy atom. The molecule has 1 nitrogen and oxygen atoms in total. The fourth-order valence-electron chi connectivity index (χ4n) is 2.10. The molecule has 0 amide bonds. The van der Waals surface area contributed by atoms with E-state index in [0.29, 0.717) is 10.9 Å². The molecule has 0 aliphatic heterocycles. The van der Waals surface area contributed by atoms with E-state index in [1.165, 1.54) is 12.1 Å².